The number of carbonyl (C=O) groups excluding carboxylic acids is 1. The molecule has 172 valence electrons. The summed E-state index contributed by atoms with van der Waals surface area (Å²) in [6.45, 7) is 1.43. The van der Waals surface area contributed by atoms with Crippen LogP contribution in [0.1, 0.15) is 51.5 Å². The van der Waals surface area contributed by atoms with Gasteiger partial charge in [-0.1, -0.05) is 91.0 Å². The van der Waals surface area contributed by atoms with Gasteiger partial charge in [0.25, 0.3) is 0 Å². The van der Waals surface area contributed by atoms with E-state index < -0.39 is 0 Å². The van der Waals surface area contributed by atoms with Gasteiger partial charge in [0, 0.05) is 25.4 Å². The Morgan fingerprint density at radius 2 is 1.53 bits per heavy atom. The van der Waals surface area contributed by atoms with Crippen molar-refractivity contribution < 1.29 is 4.79 Å². The zero-order valence-corrected chi connectivity index (χ0v) is 19.8. The third kappa shape index (κ3) is 5.34. The van der Waals surface area contributed by atoms with Crippen LogP contribution in [0.5, 0.6) is 0 Å². The molecule has 1 saturated heterocycles. The van der Waals surface area contributed by atoms with Crippen LogP contribution >= 0.6 is 11.3 Å². The molecule has 0 aliphatic carbocycles. The van der Waals surface area contributed by atoms with E-state index in [0.717, 1.165) is 46.9 Å². The summed E-state index contributed by atoms with van der Waals surface area (Å²) < 4.78 is 0. The first-order valence-electron chi connectivity index (χ1n) is 11.8. The second-order valence-electron chi connectivity index (χ2n) is 8.69. The molecule has 4 aromatic rings. The Labute approximate surface area is 204 Å². The van der Waals surface area contributed by atoms with Gasteiger partial charge in [-0.25, -0.2) is 4.79 Å². The number of rotatable bonds is 6. The summed E-state index contributed by atoms with van der Waals surface area (Å²) in [5.74, 6) is 0.230. The standard InChI is InChI=1S/C28H28N4OS/c33-28(29-26(22-13-6-2-7-14-22)23-15-8-3-9-16-23)32-18-10-17-24(20-32)27-31-30-25(34-27)19-21-11-4-1-5-12-21/h1-9,11-16,24,26H,10,17-20H2,(H,29,33). The van der Waals surface area contributed by atoms with Crippen LogP contribution in [0.15, 0.2) is 91.0 Å². The summed E-state index contributed by atoms with van der Waals surface area (Å²) in [7, 11) is 0. The number of benzene rings is 3. The molecule has 34 heavy (non-hydrogen) atoms. The van der Waals surface area contributed by atoms with Crippen LogP contribution in [0.4, 0.5) is 4.79 Å². The summed E-state index contributed by atoms with van der Waals surface area (Å²) in [6, 6.07) is 30.4. The fourth-order valence-electron chi connectivity index (χ4n) is 4.50. The van der Waals surface area contributed by atoms with Gasteiger partial charge >= 0.3 is 6.03 Å². The molecule has 5 rings (SSSR count). The largest absolute Gasteiger partial charge is 0.327 e. The van der Waals surface area contributed by atoms with Gasteiger partial charge in [-0.05, 0) is 29.5 Å². The van der Waals surface area contributed by atoms with Gasteiger partial charge in [0.1, 0.15) is 10.0 Å². The van der Waals surface area contributed by atoms with Crippen molar-refractivity contribution in [1.29, 1.82) is 0 Å². The number of piperidine rings is 1. The number of likely N-dealkylation sites (tertiary alicyclic amines) is 1. The van der Waals surface area contributed by atoms with E-state index >= 15 is 0 Å². The third-order valence-corrected chi connectivity index (χ3v) is 7.36. The van der Waals surface area contributed by atoms with Crippen LogP contribution in [0.2, 0.25) is 0 Å². The maximum atomic E-state index is 13.4. The topological polar surface area (TPSA) is 58.1 Å². The Bertz CT molecular complexity index is 1160. The molecule has 1 N–H and O–H groups in total. The van der Waals surface area contributed by atoms with E-state index in [1.165, 1.54) is 5.56 Å². The number of amides is 2. The Balaban J connectivity index is 1.27. The van der Waals surface area contributed by atoms with E-state index in [4.69, 9.17) is 0 Å². The van der Waals surface area contributed by atoms with Gasteiger partial charge < -0.3 is 10.2 Å². The molecule has 0 spiro atoms. The highest BCUT2D eigenvalue weighted by Gasteiger charge is 2.29. The fraction of sp³-hybridized carbons (Fsp3) is 0.250. The molecule has 0 saturated carbocycles. The minimum atomic E-state index is -0.186. The quantitative estimate of drug-likeness (QED) is 0.389. The highest BCUT2D eigenvalue weighted by atomic mass is 32.1. The van der Waals surface area contributed by atoms with E-state index in [0.29, 0.717) is 6.54 Å². The van der Waals surface area contributed by atoms with Crippen LogP contribution < -0.4 is 5.32 Å². The van der Waals surface area contributed by atoms with E-state index in [2.05, 4.69) is 51.9 Å². The average Bonchev–Trinajstić information content (AvgIpc) is 3.37. The molecule has 0 bridgehead atoms. The molecule has 1 fully saturated rings. The Kier molecular flexibility index (Phi) is 6.96. The van der Waals surface area contributed by atoms with Crippen molar-refractivity contribution >= 4 is 17.4 Å². The number of carbonyl (C=O) groups is 1. The Morgan fingerprint density at radius 3 is 2.18 bits per heavy atom. The van der Waals surface area contributed by atoms with Gasteiger partial charge in [0.15, 0.2) is 0 Å². The van der Waals surface area contributed by atoms with Gasteiger partial charge in [0.2, 0.25) is 0 Å². The first-order valence-corrected chi connectivity index (χ1v) is 12.6. The number of hydrogen-bond acceptors (Lipinski definition) is 4. The Morgan fingerprint density at radius 1 is 0.912 bits per heavy atom. The molecule has 1 aliphatic heterocycles. The summed E-state index contributed by atoms with van der Waals surface area (Å²) in [5.41, 5.74) is 3.39. The number of urea groups is 1. The molecule has 1 aliphatic rings. The molecular weight excluding hydrogens is 440 g/mol. The molecule has 1 aromatic heterocycles. The number of hydrogen-bond donors (Lipinski definition) is 1. The van der Waals surface area contributed by atoms with Crippen molar-refractivity contribution in [3.63, 3.8) is 0 Å². The number of nitrogens with zero attached hydrogens (tertiary/aromatic N) is 3. The van der Waals surface area contributed by atoms with Crippen LogP contribution in [-0.2, 0) is 6.42 Å². The van der Waals surface area contributed by atoms with Crippen molar-refractivity contribution in [1.82, 2.24) is 20.4 Å². The van der Waals surface area contributed by atoms with Crippen molar-refractivity contribution in [2.45, 2.75) is 31.2 Å². The lowest BCUT2D eigenvalue weighted by Crippen LogP contribution is -2.46. The fourth-order valence-corrected chi connectivity index (χ4v) is 5.50. The number of aromatic nitrogens is 2. The predicted molar refractivity (Wildman–Crippen MR) is 136 cm³/mol. The zero-order valence-electron chi connectivity index (χ0n) is 19.0. The lowest BCUT2D eigenvalue weighted by Gasteiger charge is -2.33. The molecule has 2 amide bonds. The summed E-state index contributed by atoms with van der Waals surface area (Å²) in [5, 5.41) is 14.3. The number of nitrogens with one attached hydrogen (secondary N) is 1. The summed E-state index contributed by atoms with van der Waals surface area (Å²) in [6.07, 6.45) is 2.79. The molecule has 1 atom stereocenters. The lowest BCUT2D eigenvalue weighted by atomic mass is 9.98. The van der Waals surface area contributed by atoms with Crippen LogP contribution in [0.3, 0.4) is 0 Å². The van der Waals surface area contributed by atoms with Gasteiger partial charge in [-0.3, -0.25) is 0 Å². The second-order valence-corrected chi connectivity index (χ2v) is 9.78. The van der Waals surface area contributed by atoms with E-state index in [9.17, 15) is 4.79 Å². The van der Waals surface area contributed by atoms with Crippen molar-refractivity contribution in [2.75, 3.05) is 13.1 Å². The maximum Gasteiger partial charge on any atom is 0.318 e. The highest BCUT2D eigenvalue weighted by molar-refractivity contribution is 7.11. The van der Waals surface area contributed by atoms with Crippen LogP contribution in [0.25, 0.3) is 0 Å². The van der Waals surface area contributed by atoms with Crippen LogP contribution in [0, 0.1) is 0 Å². The summed E-state index contributed by atoms with van der Waals surface area (Å²) >= 11 is 1.68. The highest BCUT2D eigenvalue weighted by Crippen LogP contribution is 2.30. The molecular formula is C28H28N4OS. The molecule has 5 nitrogen and oxygen atoms in total. The van der Waals surface area contributed by atoms with Crippen molar-refractivity contribution in [3.8, 4) is 0 Å². The zero-order chi connectivity index (χ0) is 23.2. The SMILES string of the molecule is O=C(NC(c1ccccc1)c1ccccc1)N1CCCC(c2nnc(Cc3ccccc3)s2)C1. The van der Waals surface area contributed by atoms with Crippen LogP contribution in [-0.4, -0.2) is 34.2 Å². The molecule has 3 aromatic carbocycles. The minimum absolute atomic E-state index is 0.0311. The predicted octanol–water partition coefficient (Wildman–Crippen LogP) is 5.81. The van der Waals surface area contributed by atoms with E-state index in [1.54, 1.807) is 11.3 Å². The van der Waals surface area contributed by atoms with E-state index in [-0.39, 0.29) is 18.0 Å². The smallest absolute Gasteiger partial charge is 0.318 e. The normalized spacial score (nSPS) is 15.9. The van der Waals surface area contributed by atoms with Crippen molar-refractivity contribution in [3.05, 3.63) is 118 Å². The van der Waals surface area contributed by atoms with E-state index in [1.807, 2.05) is 59.5 Å². The third-order valence-electron chi connectivity index (χ3n) is 6.27. The first kappa shape index (κ1) is 22.3. The van der Waals surface area contributed by atoms with Crippen molar-refractivity contribution in [2.24, 2.45) is 0 Å². The summed E-state index contributed by atoms with van der Waals surface area (Å²) in [4.78, 5) is 15.3. The molecule has 6 heteroatoms. The second kappa shape index (κ2) is 10.6. The van der Waals surface area contributed by atoms with Gasteiger partial charge in [-0.15, -0.1) is 21.5 Å². The molecule has 0 radical (unpaired) electrons. The minimum Gasteiger partial charge on any atom is -0.327 e. The molecule has 1 unspecified atom stereocenters. The van der Waals surface area contributed by atoms with Gasteiger partial charge in [-0.2, -0.15) is 0 Å². The average molecular weight is 469 g/mol. The molecule has 2 heterocycles. The van der Waals surface area contributed by atoms with Gasteiger partial charge in [0.05, 0.1) is 6.04 Å². The monoisotopic (exact) mass is 468 g/mol. The first-order chi connectivity index (χ1) is 16.8. The Hall–Kier alpha value is -3.51. The lowest BCUT2D eigenvalue weighted by molar-refractivity contribution is 0.177. The maximum absolute atomic E-state index is 13.4.